The highest BCUT2D eigenvalue weighted by atomic mass is 15.2. The molecular formula is C132H112N6. The molecule has 0 aliphatic rings. The number of hydrogen-bond acceptors (Lipinski definition) is 6. The summed E-state index contributed by atoms with van der Waals surface area (Å²) in [6.07, 6.45) is 3.39. The Bertz CT molecular complexity index is 7700. The van der Waals surface area contributed by atoms with Crippen LogP contribution in [0.5, 0.6) is 0 Å². The van der Waals surface area contributed by atoms with Crippen LogP contribution in [0.1, 0.15) is 95.2 Å². The summed E-state index contributed by atoms with van der Waals surface area (Å²) < 4.78 is 0. The number of nitrogens with zero attached hydrogens (tertiary/aromatic N) is 6. The zero-order chi connectivity index (χ0) is 93.6. The summed E-state index contributed by atoms with van der Waals surface area (Å²) >= 11 is 0. The van der Waals surface area contributed by atoms with Crippen LogP contribution in [-0.4, -0.2) is 0 Å². The third-order valence-corrected chi connectivity index (χ3v) is 27.3. The molecule has 3 atom stereocenters. The maximum Gasteiger partial charge on any atom is 0.0618 e. The van der Waals surface area contributed by atoms with Crippen LogP contribution in [0.25, 0.3) is 75.8 Å². The van der Waals surface area contributed by atoms with Gasteiger partial charge in [-0.3, -0.25) is 0 Å². The van der Waals surface area contributed by atoms with Gasteiger partial charge in [0, 0.05) is 112 Å². The number of para-hydroxylation sites is 6. The van der Waals surface area contributed by atoms with E-state index in [9.17, 15) is 0 Å². The average Bonchev–Trinajstić information content (AvgIpc) is 0.728. The van der Waals surface area contributed by atoms with E-state index < -0.39 is 0 Å². The highest BCUT2D eigenvalue weighted by Gasteiger charge is 2.27. The molecule has 0 amide bonds. The van der Waals surface area contributed by atoms with Crippen LogP contribution < -0.4 is 29.4 Å². The van der Waals surface area contributed by atoms with E-state index in [0.29, 0.717) is 17.8 Å². The van der Waals surface area contributed by atoms with E-state index in [4.69, 9.17) is 0 Å². The predicted molar refractivity (Wildman–Crippen MR) is 594 cm³/mol. The van der Waals surface area contributed by atoms with E-state index in [1.807, 2.05) is 0 Å². The first-order chi connectivity index (χ1) is 68.1. The van der Waals surface area contributed by atoms with E-state index in [0.717, 1.165) is 110 Å². The van der Waals surface area contributed by atoms with E-state index >= 15 is 0 Å². The lowest BCUT2D eigenvalue weighted by Gasteiger charge is -2.30. The first-order valence-electron chi connectivity index (χ1n) is 48.6. The van der Waals surface area contributed by atoms with Crippen LogP contribution in [0.2, 0.25) is 0 Å². The maximum absolute atomic E-state index is 2.43. The molecule has 0 fully saturated rings. The van der Waals surface area contributed by atoms with E-state index in [2.05, 4.69) is 587 Å². The minimum absolute atomic E-state index is 0.534. The Kier molecular flexibility index (Phi) is 26.7. The number of hydrogen-bond donors (Lipinski definition) is 0. The fraction of sp³-hybridized carbons (Fsp3) is 0.0909. The molecule has 6 nitrogen and oxygen atoms in total. The van der Waals surface area contributed by atoms with Crippen molar-refractivity contribution in [2.75, 3.05) is 29.4 Å². The van der Waals surface area contributed by atoms with Crippen LogP contribution in [0.3, 0.4) is 0 Å². The summed E-state index contributed by atoms with van der Waals surface area (Å²) in [7, 11) is 0. The van der Waals surface area contributed by atoms with Crippen molar-refractivity contribution in [1.82, 2.24) is 0 Å². The fourth-order valence-electron chi connectivity index (χ4n) is 19.5. The topological polar surface area (TPSA) is 19.4 Å². The zero-order valence-electron chi connectivity index (χ0n) is 79.1. The van der Waals surface area contributed by atoms with Crippen LogP contribution in [0, 0.1) is 0 Å². The largest absolute Gasteiger partial charge is 0.311 e. The molecule has 0 N–H and O–H groups in total. The van der Waals surface area contributed by atoms with Gasteiger partial charge in [0.15, 0.2) is 0 Å². The van der Waals surface area contributed by atoms with Gasteiger partial charge in [0.2, 0.25) is 0 Å². The average molecular weight is 1780 g/mol. The maximum atomic E-state index is 2.43. The molecule has 0 radical (unpaired) electrons. The Balaban J connectivity index is 0.000000128. The molecule has 0 aromatic heterocycles. The Morgan fingerprint density at radius 1 is 0.159 bits per heavy atom. The smallest absolute Gasteiger partial charge is 0.0618 e. The molecule has 6 heteroatoms. The zero-order valence-corrected chi connectivity index (χ0v) is 79.1. The van der Waals surface area contributed by atoms with Gasteiger partial charge in [0.05, 0.1) is 17.1 Å². The standard InChI is InChI=1S/C48H40N2.2C42H36N2/c1-3-35(2)36-27-29-40(30-28-36)49(38-19-9-5-10-20-38)41-31-33-42(34-32-41)50(39-21-11-6-12-22-39)48-45-25-15-13-23-43(45)47(37-17-7-4-8-18-37)44-24-14-16-26-46(44)48;1-3-31(2)32-22-24-37(25-23-32)43(35-16-6-4-7-17-35)38-26-28-39(29-27-38)44(36-18-8-5-9-19-36)42-40-20-12-10-14-33(40)30-34-15-11-13-21-41(34)42;1-3-31(2)32-21-23-38(24-22-32)43(36-16-6-4-7-17-36)39-25-27-40(28-26-39)44(37-18-8-5-9-19-37)42-20-12-15-35-29-33-13-10-11-14-34(33)30-41(35)42/h4-35H,3H2,1-2H3;2*4-31H,3H2,1-2H3. The van der Waals surface area contributed by atoms with Gasteiger partial charge in [0.25, 0.3) is 0 Å². The van der Waals surface area contributed by atoms with Crippen LogP contribution in [0.15, 0.2) is 516 Å². The van der Waals surface area contributed by atoms with E-state index in [1.165, 1.54) is 104 Å². The summed E-state index contributed by atoms with van der Waals surface area (Å²) in [6.45, 7) is 13.6. The van der Waals surface area contributed by atoms with Gasteiger partial charge in [-0.05, 0) is 309 Å². The van der Waals surface area contributed by atoms with Crippen molar-refractivity contribution in [2.45, 2.75) is 78.6 Å². The lowest BCUT2D eigenvalue weighted by atomic mass is 9.90. The van der Waals surface area contributed by atoms with Gasteiger partial charge in [-0.15, -0.1) is 0 Å². The SMILES string of the molecule is CCC(C)c1ccc(N(c2ccccc2)c2ccc(N(c3ccccc3)c3c4ccccc4c(-c4ccccc4)c4ccccc34)cc2)cc1.CCC(C)c1ccc(N(c2ccccc2)c2ccc(N(c3ccccc3)c3c4ccccc4cc4ccccc34)cc2)cc1.CCC(C)c1ccc(N(c2ccccc2)c2ccc(N(c3ccccc3)c3cccc4cc5ccccc5cc34)cc2)cc1. The molecule has 0 aliphatic heterocycles. The van der Waals surface area contributed by atoms with Gasteiger partial charge in [-0.2, -0.15) is 0 Å². The normalized spacial score (nSPS) is 11.8. The molecule has 0 saturated carbocycles. The number of fused-ring (bicyclic) bond motifs is 6. The second kappa shape index (κ2) is 41.4. The van der Waals surface area contributed by atoms with Gasteiger partial charge in [-0.1, -0.05) is 351 Å². The first kappa shape index (κ1) is 89.1. The molecule has 22 rings (SSSR count). The van der Waals surface area contributed by atoms with Crippen molar-refractivity contribution in [1.29, 1.82) is 0 Å². The van der Waals surface area contributed by atoms with Gasteiger partial charge < -0.3 is 29.4 Å². The molecule has 0 spiro atoms. The van der Waals surface area contributed by atoms with Crippen LogP contribution in [-0.2, 0) is 0 Å². The molecule has 0 aliphatic carbocycles. The molecular weight excluding hydrogens is 1670 g/mol. The third-order valence-electron chi connectivity index (χ3n) is 27.3. The van der Waals surface area contributed by atoms with Crippen molar-refractivity contribution in [3.63, 3.8) is 0 Å². The lowest BCUT2D eigenvalue weighted by Crippen LogP contribution is -2.13. The van der Waals surface area contributed by atoms with Crippen LogP contribution in [0.4, 0.5) is 102 Å². The number of rotatable bonds is 25. The van der Waals surface area contributed by atoms with Crippen LogP contribution >= 0.6 is 0 Å². The Labute approximate surface area is 812 Å². The number of benzene rings is 22. The molecule has 0 heterocycles. The molecule has 22 aromatic rings. The molecule has 0 saturated heterocycles. The van der Waals surface area contributed by atoms with Gasteiger partial charge in [0.1, 0.15) is 0 Å². The molecule has 0 bridgehead atoms. The Hall–Kier alpha value is -16.8. The highest BCUT2D eigenvalue weighted by Crippen LogP contribution is 2.52. The van der Waals surface area contributed by atoms with Crippen molar-refractivity contribution < 1.29 is 0 Å². The van der Waals surface area contributed by atoms with Crippen molar-refractivity contribution in [3.8, 4) is 11.1 Å². The van der Waals surface area contributed by atoms with Crippen molar-refractivity contribution in [2.24, 2.45) is 0 Å². The van der Waals surface area contributed by atoms with E-state index in [-0.39, 0.29) is 0 Å². The number of anilines is 18. The van der Waals surface area contributed by atoms with Crippen molar-refractivity contribution in [3.05, 3.63) is 532 Å². The minimum Gasteiger partial charge on any atom is -0.311 e. The highest BCUT2D eigenvalue weighted by molar-refractivity contribution is 6.23. The quantitative estimate of drug-likeness (QED) is 0.0528. The van der Waals surface area contributed by atoms with Crippen molar-refractivity contribution >= 4 is 167 Å². The fourth-order valence-corrected chi connectivity index (χ4v) is 19.5. The first-order valence-corrected chi connectivity index (χ1v) is 48.6. The summed E-state index contributed by atoms with van der Waals surface area (Å²) in [6, 6.07) is 186. The molecule has 138 heavy (non-hydrogen) atoms. The molecule has 670 valence electrons. The summed E-state index contributed by atoms with van der Waals surface area (Å²) in [5.74, 6) is 1.62. The minimum atomic E-state index is 0.534. The third kappa shape index (κ3) is 18.7. The second-order valence-electron chi connectivity index (χ2n) is 35.8. The summed E-state index contributed by atoms with van der Waals surface area (Å²) in [5.41, 5.74) is 27.0. The molecule has 22 aromatic carbocycles. The summed E-state index contributed by atoms with van der Waals surface area (Å²) in [4.78, 5) is 14.2. The van der Waals surface area contributed by atoms with E-state index in [1.54, 1.807) is 0 Å². The Morgan fingerprint density at radius 3 is 0.696 bits per heavy atom. The van der Waals surface area contributed by atoms with Gasteiger partial charge in [-0.25, -0.2) is 0 Å². The summed E-state index contributed by atoms with van der Waals surface area (Å²) in [5, 5.41) is 14.8. The van der Waals surface area contributed by atoms with Gasteiger partial charge >= 0.3 is 0 Å². The molecule has 3 unspecified atom stereocenters. The Morgan fingerprint density at radius 2 is 0.370 bits per heavy atom. The predicted octanol–water partition coefficient (Wildman–Crippen LogP) is 39.0. The monoisotopic (exact) mass is 1780 g/mol. The lowest BCUT2D eigenvalue weighted by molar-refractivity contribution is 0.733. The second-order valence-corrected chi connectivity index (χ2v) is 35.8.